The molecule has 3 rings (SSSR count). The number of ether oxygens (including phenoxy) is 3. The van der Waals surface area contributed by atoms with Crippen molar-refractivity contribution in [2.75, 3.05) is 20.8 Å². The van der Waals surface area contributed by atoms with Crippen LogP contribution >= 0.6 is 11.3 Å². The van der Waals surface area contributed by atoms with Crippen LogP contribution < -0.4 is 14.3 Å². The Morgan fingerprint density at radius 3 is 2.64 bits per heavy atom. The molecule has 28 heavy (non-hydrogen) atoms. The zero-order valence-electron chi connectivity index (χ0n) is 15.8. The van der Waals surface area contributed by atoms with E-state index in [9.17, 15) is 9.59 Å². The van der Waals surface area contributed by atoms with Crippen LogP contribution in [0.15, 0.2) is 47.5 Å². The molecule has 1 amide bonds. The molecule has 0 saturated carbocycles. The Morgan fingerprint density at radius 2 is 1.93 bits per heavy atom. The molecule has 0 radical (unpaired) electrons. The first kappa shape index (κ1) is 19.6. The largest absolute Gasteiger partial charge is 0.497 e. The van der Waals surface area contributed by atoms with Crippen LogP contribution in [0.3, 0.4) is 0 Å². The summed E-state index contributed by atoms with van der Waals surface area (Å²) >= 11 is 1.29. The number of thiazole rings is 1. The number of hydrogen-bond donors (Lipinski definition) is 0. The standard InChI is InChI=1S/C20H20N2O5S/c1-13-5-4-6-15(9-13)27-12-18(23)21-20-22(11-19(24)26-3)16-8-7-14(25-2)10-17(16)28-20/h4-10H,11-12H2,1-3H3. The van der Waals surface area contributed by atoms with Gasteiger partial charge in [0.25, 0.3) is 5.91 Å². The van der Waals surface area contributed by atoms with Gasteiger partial charge < -0.3 is 18.8 Å². The first-order valence-corrected chi connectivity index (χ1v) is 9.33. The molecule has 1 aromatic heterocycles. The van der Waals surface area contributed by atoms with Crippen molar-refractivity contribution >= 4 is 33.4 Å². The number of methoxy groups -OCH3 is 2. The minimum Gasteiger partial charge on any atom is -0.497 e. The van der Waals surface area contributed by atoms with Gasteiger partial charge >= 0.3 is 5.97 Å². The second-order valence-electron chi connectivity index (χ2n) is 5.99. The number of amides is 1. The van der Waals surface area contributed by atoms with Crippen LogP contribution in [0.25, 0.3) is 10.2 Å². The molecule has 0 unspecified atom stereocenters. The van der Waals surface area contributed by atoms with Crippen molar-refractivity contribution in [2.24, 2.45) is 4.99 Å². The molecule has 0 atom stereocenters. The maximum Gasteiger partial charge on any atom is 0.325 e. The number of carbonyl (C=O) groups is 2. The average molecular weight is 400 g/mol. The van der Waals surface area contributed by atoms with Crippen molar-refractivity contribution in [1.29, 1.82) is 0 Å². The van der Waals surface area contributed by atoms with Gasteiger partial charge in [0.05, 0.1) is 24.4 Å². The number of aryl methyl sites for hydroxylation is 1. The third-order valence-electron chi connectivity index (χ3n) is 3.98. The highest BCUT2D eigenvalue weighted by atomic mass is 32.1. The summed E-state index contributed by atoms with van der Waals surface area (Å²) in [6, 6.07) is 12.9. The molecule has 0 fully saturated rings. The molecule has 3 aromatic rings. The summed E-state index contributed by atoms with van der Waals surface area (Å²) in [5.74, 6) is 0.408. The van der Waals surface area contributed by atoms with E-state index < -0.39 is 11.9 Å². The predicted molar refractivity (Wildman–Crippen MR) is 106 cm³/mol. The molecule has 0 aliphatic heterocycles. The van der Waals surface area contributed by atoms with Crippen LogP contribution in [-0.4, -0.2) is 37.3 Å². The summed E-state index contributed by atoms with van der Waals surface area (Å²) in [6.07, 6.45) is 0. The Bertz CT molecular complexity index is 1080. The molecule has 0 spiro atoms. The van der Waals surface area contributed by atoms with E-state index in [0.29, 0.717) is 16.3 Å². The number of fused-ring (bicyclic) bond motifs is 1. The minimum absolute atomic E-state index is 0.0479. The zero-order valence-corrected chi connectivity index (χ0v) is 16.6. The topological polar surface area (TPSA) is 79.1 Å². The van der Waals surface area contributed by atoms with Crippen LogP contribution in [0.2, 0.25) is 0 Å². The van der Waals surface area contributed by atoms with Gasteiger partial charge in [-0.3, -0.25) is 9.59 Å². The Kier molecular flexibility index (Phi) is 6.10. The molecule has 0 aliphatic carbocycles. The number of carbonyl (C=O) groups excluding carboxylic acids is 2. The minimum atomic E-state index is -0.446. The molecule has 0 saturated heterocycles. The second-order valence-corrected chi connectivity index (χ2v) is 7.00. The van der Waals surface area contributed by atoms with Gasteiger partial charge in [-0.25, -0.2) is 0 Å². The van der Waals surface area contributed by atoms with Crippen LogP contribution in [-0.2, 0) is 20.9 Å². The number of nitrogens with zero attached hydrogens (tertiary/aromatic N) is 2. The van der Waals surface area contributed by atoms with Gasteiger partial charge in [0.2, 0.25) is 0 Å². The van der Waals surface area contributed by atoms with Crippen LogP contribution in [0.4, 0.5) is 0 Å². The lowest BCUT2D eigenvalue weighted by molar-refractivity contribution is -0.141. The smallest absolute Gasteiger partial charge is 0.325 e. The van der Waals surface area contributed by atoms with E-state index in [1.54, 1.807) is 23.8 Å². The van der Waals surface area contributed by atoms with E-state index in [-0.39, 0.29) is 13.2 Å². The van der Waals surface area contributed by atoms with Gasteiger partial charge in [0.1, 0.15) is 18.0 Å². The molecule has 0 bridgehead atoms. The van der Waals surface area contributed by atoms with E-state index in [0.717, 1.165) is 15.8 Å². The maximum absolute atomic E-state index is 12.3. The zero-order chi connectivity index (χ0) is 20.1. The fourth-order valence-corrected chi connectivity index (χ4v) is 3.68. The molecule has 7 nitrogen and oxygen atoms in total. The van der Waals surface area contributed by atoms with E-state index >= 15 is 0 Å². The number of aromatic nitrogens is 1. The highest BCUT2D eigenvalue weighted by Gasteiger charge is 2.13. The number of benzene rings is 2. The molecule has 146 valence electrons. The number of esters is 1. The van der Waals surface area contributed by atoms with Crippen LogP contribution in [0.1, 0.15) is 5.56 Å². The Morgan fingerprint density at radius 1 is 1.11 bits per heavy atom. The normalized spacial score (nSPS) is 11.5. The molecular weight excluding hydrogens is 380 g/mol. The van der Waals surface area contributed by atoms with Crippen LogP contribution in [0.5, 0.6) is 11.5 Å². The summed E-state index contributed by atoms with van der Waals surface area (Å²) in [7, 11) is 2.90. The summed E-state index contributed by atoms with van der Waals surface area (Å²) < 4.78 is 18.0. The van der Waals surface area contributed by atoms with Crippen molar-refractivity contribution in [3.05, 3.63) is 52.8 Å². The van der Waals surface area contributed by atoms with E-state index in [1.165, 1.54) is 18.4 Å². The fraction of sp³-hybridized carbons (Fsp3) is 0.250. The Hall–Kier alpha value is -3.13. The first-order chi connectivity index (χ1) is 13.5. The van der Waals surface area contributed by atoms with E-state index in [4.69, 9.17) is 14.2 Å². The Labute approximate surface area is 165 Å². The highest BCUT2D eigenvalue weighted by Crippen LogP contribution is 2.23. The lowest BCUT2D eigenvalue weighted by Crippen LogP contribution is -2.23. The van der Waals surface area contributed by atoms with Crippen molar-refractivity contribution in [3.63, 3.8) is 0 Å². The van der Waals surface area contributed by atoms with Gasteiger partial charge in [-0.15, -0.1) is 0 Å². The van der Waals surface area contributed by atoms with Gasteiger partial charge in [-0.2, -0.15) is 4.99 Å². The number of hydrogen-bond acceptors (Lipinski definition) is 6. The van der Waals surface area contributed by atoms with Crippen molar-refractivity contribution < 1.29 is 23.8 Å². The lowest BCUT2D eigenvalue weighted by atomic mass is 10.2. The molecular formula is C20H20N2O5S. The van der Waals surface area contributed by atoms with Crippen molar-refractivity contribution in [3.8, 4) is 11.5 Å². The number of rotatable bonds is 6. The molecule has 2 aromatic carbocycles. The molecule has 1 heterocycles. The first-order valence-electron chi connectivity index (χ1n) is 8.51. The second kappa shape index (κ2) is 8.71. The summed E-state index contributed by atoms with van der Waals surface area (Å²) in [5, 5.41) is 0. The lowest BCUT2D eigenvalue weighted by Gasteiger charge is -2.05. The average Bonchev–Trinajstić information content (AvgIpc) is 3.02. The molecule has 8 heteroatoms. The fourth-order valence-electron chi connectivity index (χ4n) is 2.60. The van der Waals surface area contributed by atoms with E-state index in [1.807, 2.05) is 37.3 Å². The monoisotopic (exact) mass is 400 g/mol. The summed E-state index contributed by atoms with van der Waals surface area (Å²) in [5.41, 5.74) is 1.80. The van der Waals surface area contributed by atoms with Gasteiger partial charge in [0.15, 0.2) is 11.4 Å². The Balaban J connectivity index is 1.91. The third-order valence-corrected chi connectivity index (χ3v) is 5.02. The summed E-state index contributed by atoms with van der Waals surface area (Å²) in [4.78, 5) is 28.7. The molecule has 0 aliphatic rings. The van der Waals surface area contributed by atoms with Crippen LogP contribution in [0, 0.1) is 6.92 Å². The van der Waals surface area contributed by atoms with Gasteiger partial charge in [-0.1, -0.05) is 23.5 Å². The predicted octanol–water partition coefficient (Wildman–Crippen LogP) is 2.70. The van der Waals surface area contributed by atoms with E-state index in [2.05, 4.69) is 4.99 Å². The summed E-state index contributed by atoms with van der Waals surface area (Å²) in [6.45, 7) is 1.70. The quantitative estimate of drug-likeness (QED) is 0.595. The maximum atomic E-state index is 12.3. The van der Waals surface area contributed by atoms with Gasteiger partial charge in [-0.05, 0) is 42.8 Å². The highest BCUT2D eigenvalue weighted by molar-refractivity contribution is 7.16. The SMILES string of the molecule is COC(=O)Cn1c(=NC(=O)COc2cccc(C)c2)sc2cc(OC)ccc21. The van der Waals surface area contributed by atoms with Crippen molar-refractivity contribution in [2.45, 2.75) is 13.5 Å². The third kappa shape index (κ3) is 4.58. The van der Waals surface area contributed by atoms with Crippen molar-refractivity contribution in [1.82, 2.24) is 4.57 Å². The van der Waals surface area contributed by atoms with Gasteiger partial charge in [0, 0.05) is 0 Å². The molecule has 0 N–H and O–H groups in total.